The number of carbonyl (C=O) groups is 2. The Balaban J connectivity index is 1.50. The summed E-state index contributed by atoms with van der Waals surface area (Å²) in [5.41, 5.74) is -0.318. The maximum absolute atomic E-state index is 13.6. The molecule has 3 heterocycles. The quantitative estimate of drug-likeness (QED) is 0.803. The zero-order valence-corrected chi connectivity index (χ0v) is 17.6. The summed E-state index contributed by atoms with van der Waals surface area (Å²) in [5.74, 6) is 1.67. The molecule has 1 aromatic rings. The normalized spacial score (nSPS) is 27.7. The first kappa shape index (κ1) is 20.3. The standard InChI is InChI=1S/C21H33N5O3/c1-14-22-18(25-24-14)17-12-16(23-19(27)15-6-10-29-11-7-15)13-26(17)20(28)21(2)8-4-3-5-9-21/h15-17H,3-13H2,1-2H3,(H,23,27)(H,22,24,25)/t16-,17-/m0/s1. The van der Waals surface area contributed by atoms with Crippen molar-refractivity contribution in [3.8, 4) is 0 Å². The number of ether oxygens (including phenoxy) is 1. The fraction of sp³-hybridized carbons (Fsp3) is 0.810. The predicted octanol–water partition coefficient (Wildman–Crippen LogP) is 2.27. The Hall–Kier alpha value is -1.96. The molecule has 8 heteroatoms. The highest BCUT2D eigenvalue weighted by Gasteiger charge is 2.46. The summed E-state index contributed by atoms with van der Waals surface area (Å²) < 4.78 is 5.37. The Bertz CT molecular complexity index is 736. The minimum absolute atomic E-state index is 0.00793. The van der Waals surface area contributed by atoms with Crippen LogP contribution in [0.3, 0.4) is 0 Å². The van der Waals surface area contributed by atoms with Gasteiger partial charge in [0.2, 0.25) is 11.8 Å². The van der Waals surface area contributed by atoms with Gasteiger partial charge in [-0.2, -0.15) is 5.10 Å². The van der Waals surface area contributed by atoms with Gasteiger partial charge in [-0.1, -0.05) is 26.2 Å². The number of amides is 2. The van der Waals surface area contributed by atoms with Crippen LogP contribution in [-0.2, 0) is 14.3 Å². The van der Waals surface area contributed by atoms with Crippen LogP contribution in [0.25, 0.3) is 0 Å². The molecule has 8 nitrogen and oxygen atoms in total. The number of aryl methyl sites for hydroxylation is 1. The van der Waals surface area contributed by atoms with Gasteiger partial charge in [-0.15, -0.1) is 0 Å². The molecule has 1 aromatic heterocycles. The predicted molar refractivity (Wildman–Crippen MR) is 107 cm³/mol. The number of aromatic nitrogens is 3. The summed E-state index contributed by atoms with van der Waals surface area (Å²) in [6, 6.07) is -0.253. The molecular formula is C21H33N5O3. The lowest BCUT2D eigenvalue weighted by Crippen LogP contribution is -2.46. The Morgan fingerprint density at radius 3 is 2.59 bits per heavy atom. The van der Waals surface area contributed by atoms with Crippen molar-refractivity contribution in [3.63, 3.8) is 0 Å². The number of nitrogens with one attached hydrogen (secondary N) is 2. The monoisotopic (exact) mass is 403 g/mol. The average Bonchev–Trinajstić information content (AvgIpc) is 3.34. The van der Waals surface area contributed by atoms with Crippen LogP contribution in [0.2, 0.25) is 0 Å². The lowest BCUT2D eigenvalue weighted by atomic mass is 9.74. The van der Waals surface area contributed by atoms with Crippen LogP contribution in [0.5, 0.6) is 0 Å². The summed E-state index contributed by atoms with van der Waals surface area (Å²) in [7, 11) is 0. The largest absolute Gasteiger partial charge is 0.381 e. The van der Waals surface area contributed by atoms with E-state index in [1.54, 1.807) is 0 Å². The van der Waals surface area contributed by atoms with Gasteiger partial charge in [0, 0.05) is 37.1 Å². The lowest BCUT2D eigenvalue weighted by molar-refractivity contribution is -0.144. The van der Waals surface area contributed by atoms with Crippen molar-refractivity contribution in [3.05, 3.63) is 11.6 Å². The first-order chi connectivity index (χ1) is 14.0. The molecule has 0 spiro atoms. The topological polar surface area (TPSA) is 100 Å². The SMILES string of the molecule is Cc1nc([C@@H]2C[C@H](NC(=O)C3CCOCC3)CN2C(=O)C2(C)CCCCC2)n[nH]1. The van der Waals surface area contributed by atoms with Crippen molar-refractivity contribution in [2.45, 2.75) is 77.3 Å². The van der Waals surface area contributed by atoms with Gasteiger partial charge < -0.3 is 15.0 Å². The molecule has 1 aliphatic carbocycles. The Kier molecular flexibility index (Phi) is 5.90. The molecule has 0 bridgehead atoms. The van der Waals surface area contributed by atoms with E-state index in [2.05, 4.69) is 27.4 Å². The van der Waals surface area contributed by atoms with Crippen molar-refractivity contribution in [1.29, 1.82) is 0 Å². The zero-order valence-electron chi connectivity index (χ0n) is 17.6. The molecule has 0 aromatic carbocycles. The van der Waals surface area contributed by atoms with E-state index in [1.165, 1.54) is 6.42 Å². The zero-order chi connectivity index (χ0) is 20.4. The number of H-pyrrole nitrogens is 1. The minimum Gasteiger partial charge on any atom is -0.381 e. The van der Waals surface area contributed by atoms with E-state index in [9.17, 15) is 9.59 Å². The van der Waals surface area contributed by atoms with Gasteiger partial charge in [-0.05, 0) is 39.0 Å². The maximum atomic E-state index is 13.6. The van der Waals surface area contributed by atoms with E-state index in [-0.39, 0.29) is 35.2 Å². The number of likely N-dealkylation sites (tertiary alicyclic amines) is 1. The van der Waals surface area contributed by atoms with E-state index in [4.69, 9.17) is 4.74 Å². The van der Waals surface area contributed by atoms with Crippen LogP contribution in [0.4, 0.5) is 0 Å². The molecular weight excluding hydrogens is 370 g/mol. The molecule has 1 saturated carbocycles. The van der Waals surface area contributed by atoms with Gasteiger partial charge in [0.05, 0.1) is 6.04 Å². The third-order valence-electron chi connectivity index (χ3n) is 6.89. The highest BCUT2D eigenvalue weighted by molar-refractivity contribution is 5.83. The minimum atomic E-state index is -0.318. The Morgan fingerprint density at radius 1 is 1.21 bits per heavy atom. The second-order valence-corrected chi connectivity index (χ2v) is 9.20. The van der Waals surface area contributed by atoms with Crippen LogP contribution in [0.15, 0.2) is 0 Å². The molecule has 2 saturated heterocycles. The first-order valence-corrected chi connectivity index (χ1v) is 11.0. The van der Waals surface area contributed by atoms with Gasteiger partial charge in [0.25, 0.3) is 0 Å². The molecule has 3 fully saturated rings. The van der Waals surface area contributed by atoms with E-state index >= 15 is 0 Å². The Labute approximate surface area is 172 Å². The van der Waals surface area contributed by atoms with Crippen molar-refractivity contribution >= 4 is 11.8 Å². The molecule has 0 radical (unpaired) electrons. The van der Waals surface area contributed by atoms with E-state index in [1.807, 2.05) is 11.8 Å². The van der Waals surface area contributed by atoms with Crippen LogP contribution in [0, 0.1) is 18.3 Å². The van der Waals surface area contributed by atoms with Gasteiger partial charge in [-0.25, -0.2) is 4.98 Å². The van der Waals surface area contributed by atoms with Gasteiger partial charge in [0.15, 0.2) is 5.82 Å². The first-order valence-electron chi connectivity index (χ1n) is 11.0. The molecule has 160 valence electrons. The number of aromatic amines is 1. The van der Waals surface area contributed by atoms with Crippen LogP contribution < -0.4 is 5.32 Å². The van der Waals surface area contributed by atoms with Crippen LogP contribution in [-0.4, -0.2) is 57.7 Å². The summed E-state index contributed by atoms with van der Waals surface area (Å²) in [5, 5.41) is 10.4. The van der Waals surface area contributed by atoms with Crippen molar-refractivity contribution < 1.29 is 14.3 Å². The number of rotatable bonds is 4. The smallest absolute Gasteiger partial charge is 0.229 e. The Morgan fingerprint density at radius 2 is 1.93 bits per heavy atom. The highest BCUT2D eigenvalue weighted by Crippen LogP contribution is 2.41. The second kappa shape index (κ2) is 8.42. The van der Waals surface area contributed by atoms with Gasteiger partial charge >= 0.3 is 0 Å². The average molecular weight is 404 g/mol. The van der Waals surface area contributed by atoms with Crippen LogP contribution >= 0.6 is 0 Å². The third-order valence-corrected chi connectivity index (χ3v) is 6.89. The van der Waals surface area contributed by atoms with E-state index < -0.39 is 0 Å². The fourth-order valence-electron chi connectivity index (χ4n) is 5.09. The summed E-state index contributed by atoms with van der Waals surface area (Å²) >= 11 is 0. The van der Waals surface area contributed by atoms with Crippen molar-refractivity contribution in [1.82, 2.24) is 25.4 Å². The summed E-state index contributed by atoms with van der Waals surface area (Å²) in [6.07, 6.45) is 7.47. The second-order valence-electron chi connectivity index (χ2n) is 9.20. The molecule has 2 amide bonds. The molecule has 2 N–H and O–H groups in total. The van der Waals surface area contributed by atoms with E-state index in [0.29, 0.717) is 32.0 Å². The third kappa shape index (κ3) is 4.32. The molecule has 2 atom stereocenters. The van der Waals surface area contributed by atoms with E-state index in [0.717, 1.165) is 44.3 Å². The molecule has 2 aliphatic heterocycles. The summed E-state index contributed by atoms with van der Waals surface area (Å²) in [4.78, 5) is 32.8. The van der Waals surface area contributed by atoms with Crippen molar-refractivity contribution in [2.24, 2.45) is 11.3 Å². The highest BCUT2D eigenvalue weighted by atomic mass is 16.5. The lowest BCUT2D eigenvalue weighted by Gasteiger charge is -2.37. The van der Waals surface area contributed by atoms with Gasteiger partial charge in [0.1, 0.15) is 5.82 Å². The molecule has 29 heavy (non-hydrogen) atoms. The number of nitrogens with zero attached hydrogens (tertiary/aromatic N) is 3. The molecule has 0 unspecified atom stereocenters. The van der Waals surface area contributed by atoms with Gasteiger partial charge in [-0.3, -0.25) is 14.7 Å². The molecule has 3 aliphatic rings. The van der Waals surface area contributed by atoms with Crippen LogP contribution in [0.1, 0.15) is 76.0 Å². The fourth-order valence-corrected chi connectivity index (χ4v) is 5.09. The molecule has 4 rings (SSSR count). The number of carbonyl (C=O) groups excluding carboxylic acids is 2. The van der Waals surface area contributed by atoms with Crippen molar-refractivity contribution in [2.75, 3.05) is 19.8 Å². The number of hydrogen-bond acceptors (Lipinski definition) is 5. The number of hydrogen-bond donors (Lipinski definition) is 2. The maximum Gasteiger partial charge on any atom is 0.229 e. The summed E-state index contributed by atoms with van der Waals surface area (Å²) in [6.45, 7) is 5.78.